The molecule has 1 aromatic carbocycles. The van der Waals surface area contributed by atoms with Crippen molar-refractivity contribution >= 4 is 23.3 Å². The van der Waals surface area contributed by atoms with Gasteiger partial charge in [0.05, 0.1) is 35.2 Å². The monoisotopic (exact) mass is 609 g/mol. The number of halogens is 4. The number of aromatic nitrogens is 7. The smallest absolute Gasteiger partial charge is 0.455 e. The lowest BCUT2D eigenvalue weighted by atomic mass is 9.93. The second kappa shape index (κ2) is 11.9. The first-order chi connectivity index (χ1) is 20.5. The van der Waals surface area contributed by atoms with Crippen LogP contribution in [0, 0.1) is 18.3 Å². The quantitative estimate of drug-likeness (QED) is 0.243. The van der Waals surface area contributed by atoms with Crippen molar-refractivity contribution < 1.29 is 27.2 Å². The SMILES string of the molecule is Cc1cc(C#N)cc(C(=O)NCc2ccco2)c1CC(=O)c1cc(Cn2nnc(C(F)(F)F)n2)nn1-c1ncccc1Cl. The number of nitriles is 1. The Labute approximate surface area is 245 Å². The molecule has 1 amide bonds. The van der Waals surface area contributed by atoms with Crippen molar-refractivity contribution in [2.24, 2.45) is 0 Å². The minimum Gasteiger partial charge on any atom is -0.467 e. The zero-order valence-corrected chi connectivity index (χ0v) is 22.9. The number of ketones is 1. The van der Waals surface area contributed by atoms with Crippen LogP contribution < -0.4 is 5.32 Å². The number of carbonyl (C=O) groups excluding carboxylic acids is 2. The summed E-state index contributed by atoms with van der Waals surface area (Å²) in [6, 6.07) is 12.8. The maximum atomic E-state index is 13.8. The van der Waals surface area contributed by atoms with Crippen LogP contribution in [0.4, 0.5) is 13.2 Å². The Morgan fingerprint density at radius 1 is 1.16 bits per heavy atom. The van der Waals surface area contributed by atoms with Gasteiger partial charge in [-0.05, 0) is 65.7 Å². The van der Waals surface area contributed by atoms with Crippen molar-refractivity contribution in [2.45, 2.75) is 32.6 Å². The zero-order chi connectivity index (χ0) is 30.7. The number of amides is 1. The molecule has 5 rings (SSSR count). The molecule has 4 heterocycles. The highest BCUT2D eigenvalue weighted by Crippen LogP contribution is 2.26. The van der Waals surface area contributed by atoms with E-state index < -0.39 is 23.7 Å². The van der Waals surface area contributed by atoms with Crippen LogP contribution in [0.3, 0.4) is 0 Å². The van der Waals surface area contributed by atoms with Gasteiger partial charge in [-0.15, -0.1) is 10.2 Å². The van der Waals surface area contributed by atoms with Gasteiger partial charge in [0.2, 0.25) is 0 Å². The maximum absolute atomic E-state index is 13.8. The van der Waals surface area contributed by atoms with E-state index in [9.17, 15) is 28.0 Å². The number of Topliss-reactive ketones (excluding diaryl/α,β-unsaturated/α-hetero) is 1. The van der Waals surface area contributed by atoms with Crippen molar-refractivity contribution in [3.63, 3.8) is 0 Å². The summed E-state index contributed by atoms with van der Waals surface area (Å²) in [5.41, 5.74) is 1.31. The second-order valence-corrected chi connectivity index (χ2v) is 9.58. The zero-order valence-electron chi connectivity index (χ0n) is 22.1. The molecule has 0 aliphatic heterocycles. The molecule has 16 heteroatoms. The minimum absolute atomic E-state index is 0.0162. The van der Waals surface area contributed by atoms with Crippen molar-refractivity contribution in [3.05, 3.63) is 105 Å². The summed E-state index contributed by atoms with van der Waals surface area (Å²) in [6.07, 6.45) is -2.19. The fourth-order valence-electron chi connectivity index (χ4n) is 4.22. The lowest BCUT2D eigenvalue weighted by molar-refractivity contribution is -0.145. The molecule has 0 atom stereocenters. The summed E-state index contributed by atoms with van der Waals surface area (Å²) in [6.45, 7) is 1.40. The van der Waals surface area contributed by atoms with Crippen LogP contribution in [0.15, 0.2) is 59.3 Å². The Morgan fingerprint density at radius 2 is 1.98 bits per heavy atom. The average Bonchev–Trinajstić information content (AvgIpc) is 3.74. The van der Waals surface area contributed by atoms with Gasteiger partial charge in [-0.25, -0.2) is 9.67 Å². The highest BCUT2D eigenvalue weighted by Gasteiger charge is 2.37. The molecule has 0 radical (unpaired) electrons. The number of tetrazole rings is 1. The standard InChI is InChI=1S/C27H19ClF3N9O3/c1-15-8-16(12-32)9-20(25(42)34-13-18-4-3-7-43-18)19(15)11-23(41)22-10-17(14-39-37-26(35-38-39)27(29,30)31)36-40(22)24-21(28)5-2-6-33-24/h2-10H,11,13-14H2,1H3,(H,34,42). The molecule has 12 nitrogen and oxygen atoms in total. The van der Waals surface area contributed by atoms with Crippen molar-refractivity contribution in [1.82, 2.24) is 40.3 Å². The van der Waals surface area contributed by atoms with Gasteiger partial charge in [0, 0.05) is 18.2 Å². The van der Waals surface area contributed by atoms with E-state index in [2.05, 4.69) is 30.8 Å². The third kappa shape index (κ3) is 6.44. The summed E-state index contributed by atoms with van der Waals surface area (Å²) in [7, 11) is 0. The summed E-state index contributed by atoms with van der Waals surface area (Å²) < 4.78 is 45.3. The molecule has 0 saturated heterocycles. The minimum atomic E-state index is -4.79. The summed E-state index contributed by atoms with van der Waals surface area (Å²) >= 11 is 6.33. The van der Waals surface area contributed by atoms with E-state index >= 15 is 0 Å². The fourth-order valence-corrected chi connectivity index (χ4v) is 4.42. The Bertz CT molecular complexity index is 1860. The number of pyridine rings is 1. The first-order valence-corrected chi connectivity index (χ1v) is 12.8. The Balaban J connectivity index is 1.50. The van der Waals surface area contributed by atoms with E-state index in [1.807, 2.05) is 6.07 Å². The molecular formula is C27H19ClF3N9O3. The molecule has 218 valence electrons. The predicted octanol–water partition coefficient (Wildman–Crippen LogP) is 4.10. The lowest BCUT2D eigenvalue weighted by Crippen LogP contribution is -2.25. The molecule has 0 saturated carbocycles. The van der Waals surface area contributed by atoms with Gasteiger partial charge in [0.15, 0.2) is 11.6 Å². The van der Waals surface area contributed by atoms with Crippen LogP contribution >= 0.6 is 11.6 Å². The number of benzene rings is 1. The van der Waals surface area contributed by atoms with E-state index in [4.69, 9.17) is 16.0 Å². The van der Waals surface area contributed by atoms with Crippen LogP contribution in [0.1, 0.15) is 54.8 Å². The second-order valence-electron chi connectivity index (χ2n) is 9.18. The number of nitrogens with zero attached hydrogens (tertiary/aromatic N) is 8. The molecule has 43 heavy (non-hydrogen) atoms. The van der Waals surface area contributed by atoms with Gasteiger partial charge in [-0.3, -0.25) is 9.59 Å². The van der Waals surface area contributed by atoms with Gasteiger partial charge in [0.25, 0.3) is 11.7 Å². The molecule has 0 aliphatic carbocycles. The number of alkyl halides is 3. The Morgan fingerprint density at radius 3 is 2.65 bits per heavy atom. The van der Waals surface area contributed by atoms with E-state index in [0.717, 1.165) is 4.68 Å². The van der Waals surface area contributed by atoms with Gasteiger partial charge >= 0.3 is 6.18 Å². The molecular weight excluding hydrogens is 591 g/mol. The van der Waals surface area contributed by atoms with E-state index in [1.165, 1.54) is 30.7 Å². The Hall–Kier alpha value is -5.36. The third-order valence-electron chi connectivity index (χ3n) is 6.18. The van der Waals surface area contributed by atoms with Crippen LogP contribution in [-0.4, -0.2) is 46.7 Å². The molecule has 0 spiro atoms. The van der Waals surface area contributed by atoms with Crippen LogP contribution in [0.5, 0.6) is 0 Å². The van der Waals surface area contributed by atoms with Gasteiger partial charge in [-0.2, -0.15) is 28.3 Å². The van der Waals surface area contributed by atoms with Crippen LogP contribution in [0.25, 0.3) is 5.82 Å². The van der Waals surface area contributed by atoms with Crippen molar-refractivity contribution in [1.29, 1.82) is 5.26 Å². The largest absolute Gasteiger partial charge is 0.467 e. The number of furan rings is 1. The van der Waals surface area contributed by atoms with Gasteiger partial charge in [-0.1, -0.05) is 11.6 Å². The lowest BCUT2D eigenvalue weighted by Gasteiger charge is -2.14. The number of rotatable bonds is 9. The first kappa shape index (κ1) is 29.1. The van der Waals surface area contributed by atoms with Crippen LogP contribution in [0.2, 0.25) is 5.02 Å². The van der Waals surface area contributed by atoms with Gasteiger partial charge < -0.3 is 9.73 Å². The average molecular weight is 610 g/mol. The summed E-state index contributed by atoms with van der Waals surface area (Å²) in [5.74, 6) is -1.87. The molecule has 0 aliphatic rings. The summed E-state index contributed by atoms with van der Waals surface area (Å²) in [4.78, 5) is 31.9. The number of nitrogens with one attached hydrogen (secondary N) is 1. The van der Waals surface area contributed by atoms with Crippen molar-refractivity contribution in [3.8, 4) is 11.9 Å². The molecule has 0 unspecified atom stereocenters. The highest BCUT2D eigenvalue weighted by atomic mass is 35.5. The van der Waals surface area contributed by atoms with Gasteiger partial charge in [0.1, 0.15) is 18.0 Å². The first-order valence-electron chi connectivity index (χ1n) is 12.5. The van der Waals surface area contributed by atoms with E-state index in [-0.39, 0.29) is 52.9 Å². The molecule has 0 fully saturated rings. The number of hydrogen-bond donors (Lipinski definition) is 1. The van der Waals surface area contributed by atoms with E-state index in [1.54, 1.807) is 31.2 Å². The van der Waals surface area contributed by atoms with Crippen molar-refractivity contribution in [2.75, 3.05) is 0 Å². The third-order valence-corrected chi connectivity index (χ3v) is 6.48. The molecule has 4 aromatic heterocycles. The number of aryl methyl sites for hydroxylation is 1. The summed E-state index contributed by atoms with van der Waals surface area (Å²) in [5, 5.41) is 26.5. The fraction of sp³-hybridized carbons (Fsp3) is 0.185. The molecule has 0 bridgehead atoms. The Kier molecular flexibility index (Phi) is 8.04. The normalized spacial score (nSPS) is 11.3. The highest BCUT2D eigenvalue weighted by molar-refractivity contribution is 6.32. The predicted molar refractivity (Wildman–Crippen MR) is 142 cm³/mol. The number of carbonyl (C=O) groups is 2. The van der Waals surface area contributed by atoms with E-state index in [0.29, 0.717) is 21.7 Å². The van der Waals surface area contributed by atoms with Crippen LogP contribution in [-0.2, 0) is 25.7 Å². The molecule has 5 aromatic rings. The maximum Gasteiger partial charge on any atom is 0.455 e. The number of hydrogen-bond acceptors (Lipinski definition) is 9. The molecule has 1 N–H and O–H groups in total. The topological polar surface area (TPSA) is 157 Å².